The number of esters is 1. The van der Waals surface area contributed by atoms with Crippen LogP contribution in [0.1, 0.15) is 12.0 Å². The van der Waals surface area contributed by atoms with Crippen molar-refractivity contribution in [3.63, 3.8) is 0 Å². The summed E-state index contributed by atoms with van der Waals surface area (Å²) in [5.74, 6) is 0.296. The van der Waals surface area contributed by atoms with Crippen LogP contribution in [0.5, 0.6) is 0 Å². The third-order valence-corrected chi connectivity index (χ3v) is 3.12. The fourth-order valence-electron chi connectivity index (χ4n) is 1.38. The van der Waals surface area contributed by atoms with E-state index < -0.39 is 0 Å². The summed E-state index contributed by atoms with van der Waals surface area (Å²) in [6.07, 6.45) is 0.163. The number of hydrogen-bond acceptors (Lipinski definition) is 6. The number of ether oxygens (including phenoxy) is 1. The molecule has 6 heteroatoms. The molecule has 1 heterocycles. The molecular formula is C12H13N3O2S. The second kappa shape index (κ2) is 6.20. The van der Waals surface area contributed by atoms with Gasteiger partial charge in [-0.3, -0.25) is 4.79 Å². The van der Waals surface area contributed by atoms with Gasteiger partial charge < -0.3 is 10.5 Å². The molecule has 1 aromatic rings. The summed E-state index contributed by atoms with van der Waals surface area (Å²) in [7, 11) is 0. The largest absolute Gasteiger partial charge is 0.461 e. The van der Waals surface area contributed by atoms with E-state index in [4.69, 9.17) is 10.5 Å². The van der Waals surface area contributed by atoms with Gasteiger partial charge in [-0.05, 0) is 5.56 Å². The second-order valence-electron chi connectivity index (χ2n) is 3.72. The Hall–Kier alpha value is -1.82. The normalized spacial score (nSPS) is 14.7. The third-order valence-electron chi connectivity index (χ3n) is 2.27. The number of rotatable bonds is 4. The molecule has 0 aliphatic carbocycles. The SMILES string of the molecule is NC1=NN=C(CC(=O)OCc2ccccc2)CS1. The predicted molar refractivity (Wildman–Crippen MR) is 72.4 cm³/mol. The zero-order valence-electron chi connectivity index (χ0n) is 9.70. The molecule has 1 aliphatic heterocycles. The molecule has 1 aliphatic rings. The number of thioether (sulfide) groups is 1. The van der Waals surface area contributed by atoms with Crippen molar-refractivity contribution in [1.82, 2.24) is 0 Å². The van der Waals surface area contributed by atoms with Gasteiger partial charge in [0.15, 0.2) is 5.17 Å². The van der Waals surface area contributed by atoms with Crippen LogP contribution in [0.25, 0.3) is 0 Å². The van der Waals surface area contributed by atoms with Crippen LogP contribution in [-0.4, -0.2) is 22.6 Å². The van der Waals surface area contributed by atoms with E-state index in [2.05, 4.69) is 10.2 Å². The molecule has 1 aromatic carbocycles. The van der Waals surface area contributed by atoms with Gasteiger partial charge in [-0.25, -0.2) is 0 Å². The second-order valence-corrected chi connectivity index (χ2v) is 4.71. The van der Waals surface area contributed by atoms with Gasteiger partial charge in [0.05, 0.1) is 12.1 Å². The van der Waals surface area contributed by atoms with E-state index in [0.717, 1.165) is 5.56 Å². The van der Waals surface area contributed by atoms with E-state index in [0.29, 0.717) is 16.6 Å². The van der Waals surface area contributed by atoms with Gasteiger partial charge in [0.1, 0.15) is 6.61 Å². The van der Waals surface area contributed by atoms with E-state index in [1.54, 1.807) is 0 Å². The van der Waals surface area contributed by atoms with Crippen molar-refractivity contribution >= 4 is 28.6 Å². The third kappa shape index (κ3) is 3.89. The standard InChI is InChI=1S/C12H13N3O2S/c13-12-15-14-10(8-18-12)6-11(16)17-7-9-4-2-1-3-5-9/h1-5H,6-8H2,(H2,13,15). The van der Waals surface area contributed by atoms with Crippen molar-refractivity contribution in [2.75, 3.05) is 5.75 Å². The highest BCUT2D eigenvalue weighted by Crippen LogP contribution is 2.10. The van der Waals surface area contributed by atoms with Gasteiger partial charge >= 0.3 is 5.97 Å². The molecule has 0 radical (unpaired) electrons. The first-order chi connectivity index (χ1) is 8.74. The number of carbonyl (C=O) groups is 1. The van der Waals surface area contributed by atoms with Crippen LogP contribution >= 0.6 is 11.8 Å². The zero-order chi connectivity index (χ0) is 12.8. The first kappa shape index (κ1) is 12.6. The summed E-state index contributed by atoms with van der Waals surface area (Å²) in [6, 6.07) is 9.55. The van der Waals surface area contributed by atoms with Crippen molar-refractivity contribution in [3.05, 3.63) is 35.9 Å². The molecule has 0 amide bonds. The monoisotopic (exact) mass is 263 g/mol. The molecular weight excluding hydrogens is 250 g/mol. The quantitative estimate of drug-likeness (QED) is 0.836. The minimum absolute atomic E-state index is 0.163. The van der Waals surface area contributed by atoms with Crippen LogP contribution < -0.4 is 5.73 Å². The van der Waals surface area contributed by atoms with Gasteiger partial charge in [-0.1, -0.05) is 42.1 Å². The Bertz CT molecular complexity index is 485. The Morgan fingerprint density at radius 3 is 2.78 bits per heavy atom. The maximum absolute atomic E-state index is 11.6. The molecule has 5 nitrogen and oxygen atoms in total. The Kier molecular flexibility index (Phi) is 4.35. The molecule has 2 rings (SSSR count). The van der Waals surface area contributed by atoms with Crippen molar-refractivity contribution < 1.29 is 9.53 Å². The minimum Gasteiger partial charge on any atom is -0.461 e. The van der Waals surface area contributed by atoms with E-state index in [9.17, 15) is 4.79 Å². The van der Waals surface area contributed by atoms with Gasteiger partial charge in [0.2, 0.25) is 0 Å². The molecule has 0 atom stereocenters. The van der Waals surface area contributed by atoms with Crippen LogP contribution in [0.4, 0.5) is 0 Å². The van der Waals surface area contributed by atoms with E-state index in [1.165, 1.54) is 11.8 Å². The lowest BCUT2D eigenvalue weighted by molar-refractivity contribution is -0.143. The Morgan fingerprint density at radius 2 is 2.11 bits per heavy atom. The fraction of sp³-hybridized carbons (Fsp3) is 0.250. The van der Waals surface area contributed by atoms with Crippen molar-refractivity contribution in [2.24, 2.45) is 15.9 Å². The van der Waals surface area contributed by atoms with Crippen molar-refractivity contribution in [2.45, 2.75) is 13.0 Å². The molecule has 0 saturated carbocycles. The van der Waals surface area contributed by atoms with Crippen LogP contribution in [-0.2, 0) is 16.1 Å². The highest BCUT2D eigenvalue weighted by molar-refractivity contribution is 8.14. The Balaban J connectivity index is 1.79. The zero-order valence-corrected chi connectivity index (χ0v) is 10.5. The molecule has 94 valence electrons. The number of carbonyl (C=O) groups excluding carboxylic acids is 1. The lowest BCUT2D eigenvalue weighted by atomic mass is 10.2. The Labute approximate surface area is 109 Å². The van der Waals surface area contributed by atoms with Crippen LogP contribution in [0.15, 0.2) is 40.5 Å². The fourth-order valence-corrected chi connectivity index (χ4v) is 1.95. The number of nitrogens with zero attached hydrogens (tertiary/aromatic N) is 2. The lowest BCUT2D eigenvalue weighted by Gasteiger charge is -2.09. The number of nitrogens with two attached hydrogens (primary N) is 1. The van der Waals surface area contributed by atoms with Crippen LogP contribution in [0.2, 0.25) is 0 Å². The molecule has 0 saturated heterocycles. The average molecular weight is 263 g/mol. The molecule has 2 N–H and O–H groups in total. The molecule has 0 unspecified atom stereocenters. The summed E-state index contributed by atoms with van der Waals surface area (Å²) in [5, 5.41) is 8.01. The first-order valence-corrected chi connectivity index (χ1v) is 6.44. The maximum atomic E-state index is 11.6. The lowest BCUT2D eigenvalue weighted by Crippen LogP contribution is -2.19. The molecule has 0 aromatic heterocycles. The van der Waals surface area contributed by atoms with E-state index >= 15 is 0 Å². The molecule has 0 spiro atoms. The summed E-state index contributed by atoms with van der Waals surface area (Å²) in [5.41, 5.74) is 7.11. The van der Waals surface area contributed by atoms with Gasteiger partial charge in [-0.2, -0.15) is 5.10 Å². The molecule has 18 heavy (non-hydrogen) atoms. The van der Waals surface area contributed by atoms with Crippen molar-refractivity contribution in [3.8, 4) is 0 Å². The average Bonchev–Trinajstić information content (AvgIpc) is 2.40. The van der Waals surface area contributed by atoms with Gasteiger partial charge in [0, 0.05) is 5.75 Å². The van der Waals surface area contributed by atoms with Gasteiger partial charge in [-0.15, -0.1) is 5.10 Å². The smallest absolute Gasteiger partial charge is 0.311 e. The summed E-state index contributed by atoms with van der Waals surface area (Å²) < 4.78 is 5.15. The molecule has 0 fully saturated rings. The highest BCUT2D eigenvalue weighted by atomic mass is 32.2. The molecule has 0 bridgehead atoms. The number of amidine groups is 1. The van der Waals surface area contributed by atoms with Crippen LogP contribution in [0, 0.1) is 0 Å². The van der Waals surface area contributed by atoms with Crippen molar-refractivity contribution in [1.29, 1.82) is 0 Å². The Morgan fingerprint density at radius 1 is 1.33 bits per heavy atom. The predicted octanol–water partition coefficient (Wildman–Crippen LogP) is 1.54. The summed E-state index contributed by atoms with van der Waals surface area (Å²) in [4.78, 5) is 11.6. The van der Waals surface area contributed by atoms with E-state index in [1.807, 2.05) is 30.3 Å². The summed E-state index contributed by atoms with van der Waals surface area (Å²) >= 11 is 1.37. The number of hydrogen-bond donors (Lipinski definition) is 1. The van der Waals surface area contributed by atoms with Crippen LogP contribution in [0.3, 0.4) is 0 Å². The topological polar surface area (TPSA) is 77.0 Å². The maximum Gasteiger partial charge on any atom is 0.311 e. The van der Waals surface area contributed by atoms with E-state index in [-0.39, 0.29) is 19.0 Å². The van der Waals surface area contributed by atoms with Gasteiger partial charge in [0.25, 0.3) is 0 Å². The highest BCUT2D eigenvalue weighted by Gasteiger charge is 2.13. The first-order valence-electron chi connectivity index (χ1n) is 5.45. The summed E-state index contributed by atoms with van der Waals surface area (Å²) in [6.45, 7) is 0.283. The minimum atomic E-state index is -0.297. The number of benzene rings is 1.